The van der Waals surface area contributed by atoms with Gasteiger partial charge in [0.15, 0.2) is 9.84 Å². The highest BCUT2D eigenvalue weighted by Crippen LogP contribution is 2.45. The van der Waals surface area contributed by atoms with Gasteiger partial charge in [-0.25, -0.2) is 8.42 Å². The van der Waals surface area contributed by atoms with Crippen molar-refractivity contribution in [1.82, 2.24) is 9.78 Å². The predicted octanol–water partition coefficient (Wildman–Crippen LogP) is 0.737. The van der Waals surface area contributed by atoms with Crippen LogP contribution in [0.25, 0.3) is 0 Å². The van der Waals surface area contributed by atoms with Crippen molar-refractivity contribution in [3.8, 4) is 0 Å². The van der Waals surface area contributed by atoms with Gasteiger partial charge in [0.2, 0.25) is 0 Å². The van der Waals surface area contributed by atoms with Gasteiger partial charge in [-0.05, 0) is 25.7 Å². The Morgan fingerprint density at radius 3 is 2.50 bits per heavy atom. The topological polar surface area (TPSA) is 72.2 Å². The summed E-state index contributed by atoms with van der Waals surface area (Å²) in [5.74, 6) is 0. The SMILES string of the molecule is Cn1cc(C2(O)CC3CCCC(C2)S3(=O)=O)cn1. The molecule has 3 heterocycles. The van der Waals surface area contributed by atoms with E-state index in [1.54, 1.807) is 24.1 Å². The fraction of sp³-hybridized carbons (Fsp3) is 0.750. The number of aryl methyl sites for hydroxylation is 1. The normalized spacial score (nSPS) is 38.6. The fourth-order valence-corrected chi connectivity index (χ4v) is 5.89. The number of rotatable bonds is 1. The smallest absolute Gasteiger partial charge is 0.156 e. The Kier molecular flexibility index (Phi) is 2.57. The zero-order valence-corrected chi connectivity index (χ0v) is 11.2. The Balaban J connectivity index is 1.98. The van der Waals surface area contributed by atoms with Crippen molar-refractivity contribution in [2.45, 2.75) is 48.2 Å². The largest absolute Gasteiger partial charge is 0.385 e. The van der Waals surface area contributed by atoms with Crippen LogP contribution in [0.3, 0.4) is 0 Å². The van der Waals surface area contributed by atoms with Crippen molar-refractivity contribution in [3.63, 3.8) is 0 Å². The van der Waals surface area contributed by atoms with E-state index >= 15 is 0 Å². The molecule has 0 amide bonds. The van der Waals surface area contributed by atoms with Crippen molar-refractivity contribution in [2.75, 3.05) is 0 Å². The predicted molar refractivity (Wildman–Crippen MR) is 66.7 cm³/mol. The molecule has 3 rings (SSSR count). The lowest BCUT2D eigenvalue weighted by Gasteiger charge is -2.43. The van der Waals surface area contributed by atoms with Gasteiger partial charge >= 0.3 is 0 Å². The van der Waals surface area contributed by atoms with Crippen LogP contribution in [0, 0.1) is 0 Å². The Morgan fingerprint density at radius 1 is 1.39 bits per heavy atom. The second kappa shape index (κ2) is 3.81. The molecule has 0 aromatic carbocycles. The lowest BCUT2D eigenvalue weighted by atomic mass is 9.82. The maximum atomic E-state index is 12.2. The Bertz CT molecular complexity index is 544. The standard InChI is InChI=1S/C12H18N2O3S/c1-14-8-9(7-13-14)12(15)5-10-3-2-4-11(6-12)18(10,16)17/h7-8,10-11,15H,2-6H2,1H3. The molecule has 5 nitrogen and oxygen atoms in total. The summed E-state index contributed by atoms with van der Waals surface area (Å²) in [6.07, 6.45) is 6.39. The van der Waals surface area contributed by atoms with E-state index < -0.39 is 15.4 Å². The molecular formula is C12H18N2O3S. The molecule has 1 aromatic heterocycles. The molecule has 2 fully saturated rings. The summed E-state index contributed by atoms with van der Waals surface area (Å²) in [6.45, 7) is 0. The van der Waals surface area contributed by atoms with Gasteiger partial charge in [0.05, 0.1) is 22.3 Å². The summed E-state index contributed by atoms with van der Waals surface area (Å²) in [7, 11) is -1.23. The molecule has 18 heavy (non-hydrogen) atoms. The van der Waals surface area contributed by atoms with E-state index in [2.05, 4.69) is 5.10 Å². The second-order valence-electron chi connectivity index (χ2n) is 5.61. The van der Waals surface area contributed by atoms with Crippen LogP contribution in [0.2, 0.25) is 0 Å². The maximum absolute atomic E-state index is 12.2. The van der Waals surface area contributed by atoms with Gasteiger partial charge in [0, 0.05) is 18.8 Å². The third-order valence-corrected chi connectivity index (χ3v) is 7.02. The molecule has 0 radical (unpaired) electrons. The third kappa shape index (κ3) is 1.70. The molecule has 2 aliphatic rings. The zero-order valence-electron chi connectivity index (χ0n) is 10.4. The summed E-state index contributed by atoms with van der Waals surface area (Å²) in [4.78, 5) is 0. The summed E-state index contributed by atoms with van der Waals surface area (Å²) < 4.78 is 26.0. The quantitative estimate of drug-likeness (QED) is 0.817. The second-order valence-corrected chi connectivity index (χ2v) is 8.12. The molecule has 0 spiro atoms. The Labute approximate surface area is 107 Å². The van der Waals surface area contributed by atoms with Gasteiger partial charge in [-0.15, -0.1) is 0 Å². The summed E-state index contributed by atoms with van der Waals surface area (Å²) in [5, 5.41) is 14.1. The number of hydrogen-bond acceptors (Lipinski definition) is 4. The minimum absolute atomic E-state index is 0.317. The Morgan fingerprint density at radius 2 is 2.00 bits per heavy atom. The first-order valence-corrected chi connectivity index (χ1v) is 7.97. The number of nitrogens with zero attached hydrogens (tertiary/aromatic N) is 2. The van der Waals surface area contributed by atoms with Gasteiger partial charge < -0.3 is 5.11 Å². The van der Waals surface area contributed by atoms with Gasteiger partial charge in [-0.2, -0.15) is 5.10 Å². The van der Waals surface area contributed by atoms with Crippen LogP contribution in [0.4, 0.5) is 0 Å². The van der Waals surface area contributed by atoms with Crippen molar-refractivity contribution >= 4 is 9.84 Å². The van der Waals surface area contributed by atoms with Crippen molar-refractivity contribution in [2.24, 2.45) is 7.05 Å². The maximum Gasteiger partial charge on any atom is 0.156 e. The monoisotopic (exact) mass is 270 g/mol. The van der Waals surface area contributed by atoms with Gasteiger partial charge in [-0.1, -0.05) is 6.42 Å². The number of fused-ring (bicyclic) bond motifs is 2. The first-order valence-electron chi connectivity index (χ1n) is 6.36. The molecule has 0 saturated carbocycles. The first kappa shape index (κ1) is 12.2. The van der Waals surface area contributed by atoms with E-state index in [0.29, 0.717) is 25.7 Å². The molecule has 6 heteroatoms. The molecule has 0 aliphatic carbocycles. The molecule has 2 aliphatic heterocycles. The van der Waals surface area contributed by atoms with E-state index in [1.165, 1.54) is 0 Å². The van der Waals surface area contributed by atoms with Crippen LogP contribution >= 0.6 is 0 Å². The molecule has 2 saturated heterocycles. The van der Waals surface area contributed by atoms with Crippen molar-refractivity contribution in [3.05, 3.63) is 18.0 Å². The van der Waals surface area contributed by atoms with Crippen LogP contribution in [-0.4, -0.2) is 33.8 Å². The van der Waals surface area contributed by atoms with Crippen molar-refractivity contribution in [1.29, 1.82) is 0 Å². The molecule has 2 bridgehead atoms. The molecule has 2 atom stereocenters. The average molecular weight is 270 g/mol. The summed E-state index contributed by atoms with van der Waals surface area (Å²) in [5.41, 5.74) is -0.271. The van der Waals surface area contributed by atoms with Crippen LogP contribution in [0.1, 0.15) is 37.7 Å². The van der Waals surface area contributed by atoms with E-state index in [0.717, 1.165) is 12.0 Å². The van der Waals surface area contributed by atoms with E-state index in [9.17, 15) is 13.5 Å². The van der Waals surface area contributed by atoms with Gasteiger partial charge in [0.25, 0.3) is 0 Å². The molecule has 1 N–H and O–H groups in total. The highest BCUT2D eigenvalue weighted by atomic mass is 32.2. The van der Waals surface area contributed by atoms with Crippen LogP contribution < -0.4 is 0 Å². The van der Waals surface area contributed by atoms with E-state index in [-0.39, 0.29) is 10.5 Å². The first-order chi connectivity index (χ1) is 8.42. The van der Waals surface area contributed by atoms with Crippen LogP contribution in [0.15, 0.2) is 12.4 Å². The van der Waals surface area contributed by atoms with Crippen LogP contribution in [-0.2, 0) is 22.5 Å². The van der Waals surface area contributed by atoms with Gasteiger partial charge in [0.1, 0.15) is 0 Å². The minimum atomic E-state index is -3.02. The highest BCUT2D eigenvalue weighted by Gasteiger charge is 2.51. The number of aromatic nitrogens is 2. The fourth-order valence-electron chi connectivity index (χ4n) is 3.34. The highest BCUT2D eigenvalue weighted by molar-refractivity contribution is 7.92. The molecule has 1 aromatic rings. The van der Waals surface area contributed by atoms with E-state index in [1.807, 2.05) is 0 Å². The number of hydrogen-bond donors (Lipinski definition) is 1. The minimum Gasteiger partial charge on any atom is -0.385 e. The number of sulfone groups is 1. The summed E-state index contributed by atoms with van der Waals surface area (Å²) >= 11 is 0. The van der Waals surface area contributed by atoms with Crippen LogP contribution in [0.5, 0.6) is 0 Å². The third-order valence-electron chi connectivity index (χ3n) is 4.35. The molecule has 2 unspecified atom stereocenters. The summed E-state index contributed by atoms with van der Waals surface area (Å²) in [6, 6.07) is 0. The van der Waals surface area contributed by atoms with E-state index in [4.69, 9.17) is 0 Å². The zero-order chi connectivity index (χ0) is 13.0. The van der Waals surface area contributed by atoms with Crippen molar-refractivity contribution < 1.29 is 13.5 Å². The lowest BCUT2D eigenvalue weighted by Crippen LogP contribution is -2.50. The molecular weight excluding hydrogens is 252 g/mol. The Hall–Kier alpha value is -0.880. The molecule has 100 valence electrons. The lowest BCUT2D eigenvalue weighted by molar-refractivity contribution is 0.00495. The van der Waals surface area contributed by atoms with Gasteiger partial charge in [-0.3, -0.25) is 4.68 Å². The number of aliphatic hydroxyl groups is 1. The average Bonchev–Trinajstić information content (AvgIpc) is 2.68.